The lowest BCUT2D eigenvalue weighted by Crippen LogP contribution is -2.52. The van der Waals surface area contributed by atoms with E-state index in [2.05, 4.69) is 27.4 Å². The highest BCUT2D eigenvalue weighted by Crippen LogP contribution is 2.23. The summed E-state index contributed by atoms with van der Waals surface area (Å²) in [6.45, 7) is 7.87. The number of methoxy groups -OCH3 is 1. The lowest BCUT2D eigenvalue weighted by molar-refractivity contribution is -0.0855. The van der Waals surface area contributed by atoms with Crippen LogP contribution in [-0.4, -0.2) is 76.1 Å². The first-order valence-corrected chi connectivity index (χ1v) is 9.54. The van der Waals surface area contributed by atoms with Gasteiger partial charge in [0.25, 0.3) is 0 Å². The van der Waals surface area contributed by atoms with Crippen LogP contribution >= 0.6 is 0 Å². The third-order valence-corrected chi connectivity index (χ3v) is 5.55. The van der Waals surface area contributed by atoms with Crippen LogP contribution < -0.4 is 10.6 Å². The van der Waals surface area contributed by atoms with Gasteiger partial charge >= 0.3 is 0 Å². The Labute approximate surface area is 147 Å². The van der Waals surface area contributed by atoms with E-state index in [1.165, 1.54) is 32.2 Å². The molecule has 0 radical (unpaired) electrons. The van der Waals surface area contributed by atoms with Gasteiger partial charge in [-0.15, -0.1) is 0 Å². The van der Waals surface area contributed by atoms with E-state index in [4.69, 9.17) is 9.47 Å². The van der Waals surface area contributed by atoms with Crippen LogP contribution in [0.1, 0.15) is 45.4 Å². The van der Waals surface area contributed by atoms with E-state index in [-0.39, 0.29) is 5.60 Å². The molecular formula is C18H36N4O2. The van der Waals surface area contributed by atoms with Crippen molar-refractivity contribution in [3.63, 3.8) is 0 Å². The molecule has 0 amide bonds. The number of piperidine rings is 1. The third kappa shape index (κ3) is 5.60. The Balaban J connectivity index is 1.72. The van der Waals surface area contributed by atoms with Gasteiger partial charge in [0, 0.05) is 65.9 Å². The minimum Gasteiger partial charge on any atom is -0.381 e. The number of ether oxygens (including phenoxy) is 2. The molecule has 2 heterocycles. The molecule has 2 fully saturated rings. The molecule has 0 spiro atoms. The molecule has 1 unspecified atom stereocenters. The number of hydrogen-bond acceptors (Lipinski definition) is 4. The molecule has 2 saturated heterocycles. The lowest BCUT2D eigenvalue weighted by Gasteiger charge is -2.36. The van der Waals surface area contributed by atoms with Gasteiger partial charge in [0.2, 0.25) is 0 Å². The van der Waals surface area contributed by atoms with Gasteiger partial charge in [0.15, 0.2) is 5.96 Å². The van der Waals surface area contributed by atoms with E-state index < -0.39 is 0 Å². The van der Waals surface area contributed by atoms with Gasteiger partial charge in [-0.25, -0.2) is 0 Å². The van der Waals surface area contributed by atoms with Crippen LogP contribution in [0.15, 0.2) is 4.99 Å². The summed E-state index contributed by atoms with van der Waals surface area (Å²) in [6.07, 6.45) is 7.18. The summed E-state index contributed by atoms with van der Waals surface area (Å²) in [7, 11) is 3.62. The van der Waals surface area contributed by atoms with Gasteiger partial charge in [-0.2, -0.15) is 0 Å². The standard InChI is InChI=1S/C18H36N4O2/c1-4-16-7-5-6-11-22(16)12-10-20-17(19-2)21-15-18(23-3)8-13-24-14-9-18/h16H,4-15H2,1-3H3,(H2,19,20,21). The Hall–Kier alpha value is -0.850. The first-order chi connectivity index (χ1) is 11.7. The highest BCUT2D eigenvalue weighted by Gasteiger charge is 2.32. The summed E-state index contributed by atoms with van der Waals surface area (Å²) >= 11 is 0. The van der Waals surface area contributed by atoms with Crippen LogP contribution in [-0.2, 0) is 9.47 Å². The Bertz CT molecular complexity index is 383. The van der Waals surface area contributed by atoms with Gasteiger partial charge < -0.3 is 20.1 Å². The van der Waals surface area contributed by atoms with E-state index in [1.54, 1.807) is 7.11 Å². The summed E-state index contributed by atoms with van der Waals surface area (Å²) in [6, 6.07) is 0.759. The maximum absolute atomic E-state index is 5.77. The molecule has 2 aliphatic rings. The quantitative estimate of drug-likeness (QED) is 0.545. The topological polar surface area (TPSA) is 58.1 Å². The first kappa shape index (κ1) is 19.5. The zero-order valence-corrected chi connectivity index (χ0v) is 15.8. The molecule has 0 saturated carbocycles. The highest BCUT2D eigenvalue weighted by atomic mass is 16.5. The number of likely N-dealkylation sites (tertiary alicyclic amines) is 1. The lowest BCUT2D eigenvalue weighted by atomic mass is 9.94. The highest BCUT2D eigenvalue weighted by molar-refractivity contribution is 5.79. The van der Waals surface area contributed by atoms with E-state index >= 15 is 0 Å². The fraction of sp³-hybridized carbons (Fsp3) is 0.944. The van der Waals surface area contributed by atoms with Crippen molar-refractivity contribution in [1.82, 2.24) is 15.5 Å². The molecule has 140 valence electrons. The average molecular weight is 341 g/mol. The molecule has 1 atom stereocenters. The largest absolute Gasteiger partial charge is 0.381 e. The fourth-order valence-electron chi connectivity index (χ4n) is 3.80. The molecule has 0 aromatic heterocycles. The van der Waals surface area contributed by atoms with Crippen LogP contribution in [0.25, 0.3) is 0 Å². The van der Waals surface area contributed by atoms with Crippen LogP contribution in [0.2, 0.25) is 0 Å². The average Bonchev–Trinajstić information content (AvgIpc) is 2.65. The maximum atomic E-state index is 5.77. The summed E-state index contributed by atoms with van der Waals surface area (Å²) in [5.74, 6) is 0.864. The fourth-order valence-corrected chi connectivity index (χ4v) is 3.80. The normalized spacial score (nSPS) is 25.5. The van der Waals surface area contributed by atoms with E-state index in [9.17, 15) is 0 Å². The van der Waals surface area contributed by atoms with Gasteiger partial charge in [-0.1, -0.05) is 13.3 Å². The maximum Gasteiger partial charge on any atom is 0.191 e. The predicted molar refractivity (Wildman–Crippen MR) is 98.7 cm³/mol. The number of hydrogen-bond donors (Lipinski definition) is 2. The molecule has 0 aromatic rings. The number of nitrogens with zero attached hydrogens (tertiary/aromatic N) is 2. The van der Waals surface area contributed by atoms with Crippen molar-refractivity contribution in [3.8, 4) is 0 Å². The minimum absolute atomic E-state index is 0.129. The molecule has 0 aromatic carbocycles. The zero-order chi connectivity index (χ0) is 17.3. The second kappa shape index (κ2) is 10.2. The molecule has 6 nitrogen and oxygen atoms in total. The van der Waals surface area contributed by atoms with Crippen LogP contribution in [0.5, 0.6) is 0 Å². The van der Waals surface area contributed by atoms with Crippen molar-refractivity contribution in [3.05, 3.63) is 0 Å². The van der Waals surface area contributed by atoms with Crippen molar-refractivity contribution in [1.29, 1.82) is 0 Å². The van der Waals surface area contributed by atoms with Gasteiger partial charge in [-0.3, -0.25) is 9.89 Å². The van der Waals surface area contributed by atoms with Crippen molar-refractivity contribution in [2.24, 2.45) is 4.99 Å². The first-order valence-electron chi connectivity index (χ1n) is 9.54. The SMILES string of the molecule is CCC1CCCCN1CCNC(=NC)NCC1(OC)CCOCC1. The molecule has 2 N–H and O–H groups in total. The van der Waals surface area contributed by atoms with Crippen molar-refractivity contribution in [2.45, 2.75) is 57.1 Å². The van der Waals surface area contributed by atoms with Crippen molar-refractivity contribution < 1.29 is 9.47 Å². The van der Waals surface area contributed by atoms with E-state index in [0.717, 1.165) is 57.7 Å². The van der Waals surface area contributed by atoms with Crippen molar-refractivity contribution in [2.75, 3.05) is 53.6 Å². The van der Waals surface area contributed by atoms with Crippen LogP contribution in [0, 0.1) is 0 Å². The summed E-state index contributed by atoms with van der Waals surface area (Å²) in [5.41, 5.74) is -0.129. The third-order valence-electron chi connectivity index (χ3n) is 5.55. The molecule has 2 rings (SSSR count). The molecule has 2 aliphatic heterocycles. The summed E-state index contributed by atoms with van der Waals surface area (Å²) in [5, 5.41) is 6.89. The molecular weight excluding hydrogens is 304 g/mol. The number of nitrogens with one attached hydrogen (secondary N) is 2. The monoisotopic (exact) mass is 340 g/mol. The number of rotatable bonds is 7. The van der Waals surface area contributed by atoms with Gasteiger partial charge in [0.1, 0.15) is 0 Å². The van der Waals surface area contributed by atoms with Gasteiger partial charge in [0.05, 0.1) is 5.60 Å². The Morgan fingerprint density at radius 3 is 2.75 bits per heavy atom. The zero-order valence-electron chi connectivity index (χ0n) is 15.8. The molecule has 0 bridgehead atoms. The number of aliphatic imine (C=N–C) groups is 1. The Morgan fingerprint density at radius 2 is 2.08 bits per heavy atom. The molecule has 24 heavy (non-hydrogen) atoms. The summed E-state index contributed by atoms with van der Waals surface area (Å²) < 4.78 is 11.2. The number of guanidine groups is 1. The van der Waals surface area contributed by atoms with Gasteiger partial charge in [-0.05, 0) is 25.8 Å². The smallest absolute Gasteiger partial charge is 0.191 e. The molecule has 0 aliphatic carbocycles. The summed E-state index contributed by atoms with van der Waals surface area (Å²) in [4.78, 5) is 6.97. The minimum atomic E-state index is -0.129. The second-order valence-corrected chi connectivity index (χ2v) is 6.95. The second-order valence-electron chi connectivity index (χ2n) is 6.95. The van der Waals surface area contributed by atoms with E-state index in [0.29, 0.717) is 0 Å². The Kier molecular flexibility index (Phi) is 8.29. The van der Waals surface area contributed by atoms with Crippen molar-refractivity contribution >= 4 is 5.96 Å². The van der Waals surface area contributed by atoms with Crippen LogP contribution in [0.3, 0.4) is 0 Å². The van der Waals surface area contributed by atoms with Crippen LogP contribution in [0.4, 0.5) is 0 Å². The predicted octanol–water partition coefficient (Wildman–Crippen LogP) is 1.61. The van der Waals surface area contributed by atoms with E-state index in [1.807, 2.05) is 7.05 Å². The Morgan fingerprint density at radius 1 is 1.29 bits per heavy atom. The molecule has 6 heteroatoms.